The zero-order chi connectivity index (χ0) is 12.4. The molecule has 2 aromatic rings. The summed E-state index contributed by atoms with van der Waals surface area (Å²) < 4.78 is 8.60. The van der Waals surface area contributed by atoms with E-state index < -0.39 is 6.10 Å². The number of aliphatic hydroxyl groups is 1. The molecule has 92 valence electrons. The van der Waals surface area contributed by atoms with Crippen molar-refractivity contribution in [2.24, 2.45) is 0 Å². The van der Waals surface area contributed by atoms with Gasteiger partial charge in [-0.25, -0.2) is 0 Å². The fourth-order valence-electron chi connectivity index (χ4n) is 1.54. The van der Waals surface area contributed by atoms with Crippen LogP contribution in [0.3, 0.4) is 0 Å². The summed E-state index contributed by atoms with van der Waals surface area (Å²) in [6, 6.07) is 1.76. The molecule has 0 aliphatic rings. The lowest BCUT2D eigenvalue weighted by atomic mass is 10.1. The van der Waals surface area contributed by atoms with Gasteiger partial charge in [0, 0.05) is 19.2 Å². The average molecular weight is 364 g/mol. The first kappa shape index (κ1) is 12.9. The number of halogens is 2. The van der Waals surface area contributed by atoms with Crippen LogP contribution < -0.4 is 0 Å². The van der Waals surface area contributed by atoms with Crippen molar-refractivity contribution in [3.05, 3.63) is 38.9 Å². The summed E-state index contributed by atoms with van der Waals surface area (Å²) in [6.45, 7) is 2.85. The van der Waals surface area contributed by atoms with Crippen molar-refractivity contribution in [2.75, 3.05) is 0 Å². The number of hydrogen-bond acceptors (Lipinski definition) is 3. The highest BCUT2D eigenvalue weighted by atomic mass is 79.9. The van der Waals surface area contributed by atoms with Crippen LogP contribution in [0.15, 0.2) is 32.0 Å². The second kappa shape index (κ2) is 5.37. The third-order valence-electron chi connectivity index (χ3n) is 2.43. The molecule has 0 spiro atoms. The highest BCUT2D eigenvalue weighted by Gasteiger charge is 2.16. The van der Waals surface area contributed by atoms with Crippen LogP contribution in [0.1, 0.15) is 24.4 Å². The van der Waals surface area contributed by atoms with E-state index in [4.69, 9.17) is 4.42 Å². The van der Waals surface area contributed by atoms with Gasteiger partial charge in [-0.05, 0) is 50.4 Å². The molecule has 2 aromatic heterocycles. The predicted octanol–water partition coefficient (Wildman–Crippen LogP) is 3.30. The molecule has 0 aliphatic carbocycles. The van der Waals surface area contributed by atoms with E-state index in [1.165, 1.54) is 0 Å². The maximum absolute atomic E-state index is 10.0. The molecule has 0 radical (unpaired) electrons. The molecule has 17 heavy (non-hydrogen) atoms. The molecule has 6 heteroatoms. The molecular weight excluding hydrogens is 352 g/mol. The van der Waals surface area contributed by atoms with Crippen LogP contribution in [0, 0.1) is 0 Å². The van der Waals surface area contributed by atoms with Crippen LogP contribution >= 0.6 is 31.9 Å². The molecule has 0 saturated carbocycles. The second-order valence-corrected chi connectivity index (χ2v) is 5.27. The highest BCUT2D eigenvalue weighted by Crippen LogP contribution is 2.31. The number of furan rings is 1. The van der Waals surface area contributed by atoms with Crippen LogP contribution in [-0.2, 0) is 13.0 Å². The van der Waals surface area contributed by atoms with Gasteiger partial charge >= 0.3 is 0 Å². The van der Waals surface area contributed by atoms with Crippen LogP contribution in [0.25, 0.3) is 0 Å². The van der Waals surface area contributed by atoms with Gasteiger partial charge in [0.2, 0.25) is 0 Å². The van der Waals surface area contributed by atoms with Gasteiger partial charge < -0.3 is 9.52 Å². The van der Waals surface area contributed by atoms with Crippen molar-refractivity contribution < 1.29 is 9.52 Å². The molecule has 0 aromatic carbocycles. The summed E-state index contributed by atoms with van der Waals surface area (Å²) in [5.74, 6) is 0.535. The van der Waals surface area contributed by atoms with Gasteiger partial charge in [-0.1, -0.05) is 0 Å². The molecule has 2 heterocycles. The van der Waals surface area contributed by atoms with E-state index in [0.717, 1.165) is 16.6 Å². The minimum absolute atomic E-state index is 0.492. The summed E-state index contributed by atoms with van der Waals surface area (Å²) in [7, 11) is 0. The van der Waals surface area contributed by atoms with E-state index in [1.807, 2.05) is 17.8 Å². The third kappa shape index (κ3) is 3.00. The quantitative estimate of drug-likeness (QED) is 0.906. The lowest BCUT2D eigenvalue weighted by molar-refractivity contribution is 0.149. The first-order chi connectivity index (χ1) is 8.10. The van der Waals surface area contributed by atoms with Gasteiger partial charge in [0.05, 0.1) is 10.7 Å². The summed E-state index contributed by atoms with van der Waals surface area (Å²) in [4.78, 5) is 0. The molecule has 1 N–H and O–H groups in total. The van der Waals surface area contributed by atoms with Gasteiger partial charge in [0.25, 0.3) is 0 Å². The maximum atomic E-state index is 10.0. The standard InChI is InChI=1S/C11H12Br2N2O2/c1-2-15-6-7(5-14-15)3-9(16)10-4-8(12)11(13)17-10/h4-6,9,16H,2-3H2,1H3. The average Bonchev–Trinajstić information content (AvgIpc) is 2.87. The van der Waals surface area contributed by atoms with Gasteiger partial charge in [0.15, 0.2) is 4.67 Å². The maximum Gasteiger partial charge on any atom is 0.183 e. The Labute approximate surface area is 116 Å². The van der Waals surface area contributed by atoms with Crippen molar-refractivity contribution in [3.63, 3.8) is 0 Å². The highest BCUT2D eigenvalue weighted by molar-refractivity contribution is 9.13. The SMILES string of the molecule is CCn1cc(CC(O)c2cc(Br)c(Br)o2)cn1. The Morgan fingerprint density at radius 3 is 2.82 bits per heavy atom. The number of nitrogens with zero attached hydrogens (tertiary/aromatic N) is 2. The van der Waals surface area contributed by atoms with Crippen molar-refractivity contribution in [2.45, 2.75) is 26.0 Å². The Hall–Kier alpha value is -0.590. The Bertz CT molecular complexity index is 488. The van der Waals surface area contributed by atoms with Crippen molar-refractivity contribution in [3.8, 4) is 0 Å². The first-order valence-electron chi connectivity index (χ1n) is 5.24. The summed E-state index contributed by atoms with van der Waals surface area (Å²) in [5, 5.41) is 14.2. The Morgan fingerprint density at radius 2 is 2.29 bits per heavy atom. The van der Waals surface area contributed by atoms with Crippen LogP contribution in [0.2, 0.25) is 0 Å². The monoisotopic (exact) mass is 362 g/mol. The second-order valence-electron chi connectivity index (χ2n) is 3.69. The van der Waals surface area contributed by atoms with Crippen molar-refractivity contribution in [1.82, 2.24) is 9.78 Å². The molecule has 0 saturated heterocycles. The molecule has 2 rings (SSSR count). The van der Waals surface area contributed by atoms with E-state index in [-0.39, 0.29) is 0 Å². The Kier molecular flexibility index (Phi) is 4.06. The zero-order valence-corrected chi connectivity index (χ0v) is 12.4. The minimum Gasteiger partial charge on any atom is -0.450 e. The largest absolute Gasteiger partial charge is 0.450 e. The van der Waals surface area contributed by atoms with Gasteiger partial charge in [0.1, 0.15) is 11.9 Å². The molecule has 1 atom stereocenters. The molecule has 0 aliphatic heterocycles. The molecular formula is C11H12Br2N2O2. The zero-order valence-electron chi connectivity index (χ0n) is 9.23. The number of aryl methyl sites for hydroxylation is 1. The first-order valence-corrected chi connectivity index (χ1v) is 6.83. The number of aromatic nitrogens is 2. The van der Waals surface area contributed by atoms with E-state index in [0.29, 0.717) is 16.9 Å². The van der Waals surface area contributed by atoms with E-state index in [2.05, 4.69) is 37.0 Å². The smallest absolute Gasteiger partial charge is 0.183 e. The van der Waals surface area contributed by atoms with E-state index in [1.54, 1.807) is 12.3 Å². The van der Waals surface area contributed by atoms with Crippen molar-refractivity contribution in [1.29, 1.82) is 0 Å². The van der Waals surface area contributed by atoms with Crippen LogP contribution in [0.4, 0.5) is 0 Å². The Balaban J connectivity index is 2.08. The van der Waals surface area contributed by atoms with Crippen LogP contribution in [0.5, 0.6) is 0 Å². The van der Waals surface area contributed by atoms with Gasteiger partial charge in [-0.3, -0.25) is 4.68 Å². The van der Waals surface area contributed by atoms with Gasteiger partial charge in [-0.2, -0.15) is 5.10 Å². The summed E-state index contributed by atoms with van der Waals surface area (Å²) >= 11 is 6.56. The molecule has 1 unspecified atom stereocenters. The fraction of sp³-hybridized carbons (Fsp3) is 0.364. The Morgan fingerprint density at radius 1 is 1.53 bits per heavy atom. The van der Waals surface area contributed by atoms with E-state index in [9.17, 15) is 5.11 Å². The summed E-state index contributed by atoms with van der Waals surface area (Å²) in [5.41, 5.74) is 0.989. The lowest BCUT2D eigenvalue weighted by Gasteiger charge is -2.04. The minimum atomic E-state index is -0.660. The third-order valence-corrected chi connectivity index (χ3v) is 4.14. The molecule has 0 amide bonds. The fourth-order valence-corrected chi connectivity index (χ4v) is 2.14. The molecule has 0 bridgehead atoms. The van der Waals surface area contributed by atoms with Crippen molar-refractivity contribution >= 4 is 31.9 Å². The predicted molar refractivity (Wildman–Crippen MR) is 70.7 cm³/mol. The summed E-state index contributed by atoms with van der Waals surface area (Å²) in [6.07, 6.45) is 3.52. The number of rotatable bonds is 4. The number of hydrogen-bond donors (Lipinski definition) is 1. The molecule has 4 nitrogen and oxygen atoms in total. The normalized spacial score (nSPS) is 12.9. The lowest BCUT2D eigenvalue weighted by Crippen LogP contribution is -1.99. The molecule has 0 fully saturated rings. The topological polar surface area (TPSA) is 51.2 Å². The van der Waals surface area contributed by atoms with Gasteiger partial charge in [-0.15, -0.1) is 0 Å². The van der Waals surface area contributed by atoms with E-state index >= 15 is 0 Å². The number of aliphatic hydroxyl groups excluding tert-OH is 1. The van der Waals surface area contributed by atoms with Crippen LogP contribution in [-0.4, -0.2) is 14.9 Å².